The van der Waals surface area contributed by atoms with Crippen LogP contribution in [0, 0.1) is 36.5 Å². The Hall–Kier alpha value is -3.77. The quantitative estimate of drug-likeness (QED) is 0.321. The Kier molecular flexibility index (Phi) is 7.74. The van der Waals surface area contributed by atoms with Gasteiger partial charge in [-0.15, -0.1) is 0 Å². The zero-order valence-corrected chi connectivity index (χ0v) is 19.5. The van der Waals surface area contributed by atoms with Gasteiger partial charge in [-0.2, -0.15) is 10.5 Å². The molecule has 0 saturated carbocycles. The normalized spacial score (nSPS) is 10.8. The lowest BCUT2D eigenvalue weighted by atomic mass is 10.1. The maximum absolute atomic E-state index is 12.6. The lowest BCUT2D eigenvalue weighted by Gasteiger charge is -2.12. The van der Waals surface area contributed by atoms with Gasteiger partial charge < -0.3 is 10.1 Å². The molecule has 0 aliphatic carbocycles. The van der Waals surface area contributed by atoms with Gasteiger partial charge in [0.1, 0.15) is 18.2 Å². The number of halogens is 2. The van der Waals surface area contributed by atoms with Crippen LogP contribution in [0.3, 0.4) is 0 Å². The number of ether oxygens (including phenoxy) is 1. The smallest absolute Gasteiger partial charge is 0.266 e. The lowest BCUT2D eigenvalue weighted by Crippen LogP contribution is -2.14. The summed E-state index contributed by atoms with van der Waals surface area (Å²) in [6.45, 7) is 3.90. The fourth-order valence-electron chi connectivity index (χ4n) is 3.08. The maximum atomic E-state index is 12.6. The van der Waals surface area contributed by atoms with Crippen molar-refractivity contribution in [1.29, 1.82) is 10.5 Å². The molecule has 0 atom stereocenters. The van der Waals surface area contributed by atoms with Crippen molar-refractivity contribution in [2.24, 2.45) is 0 Å². The number of hydrogen-bond donors (Lipinski definition) is 1. The van der Waals surface area contributed by atoms with Crippen molar-refractivity contribution in [1.82, 2.24) is 0 Å². The number of nitrogens with zero attached hydrogens (tertiary/aromatic N) is 2. The molecule has 1 amide bonds. The molecule has 0 aliphatic heterocycles. The minimum atomic E-state index is -0.535. The van der Waals surface area contributed by atoms with E-state index in [0.29, 0.717) is 22.4 Å². The van der Waals surface area contributed by atoms with E-state index in [1.807, 2.05) is 44.2 Å². The molecule has 0 bridgehead atoms. The van der Waals surface area contributed by atoms with Gasteiger partial charge in [0.15, 0.2) is 5.75 Å². The number of amides is 1. The van der Waals surface area contributed by atoms with Gasteiger partial charge >= 0.3 is 0 Å². The Balaban J connectivity index is 1.81. The van der Waals surface area contributed by atoms with E-state index in [-0.39, 0.29) is 28.0 Å². The Labute approximate surface area is 202 Å². The molecule has 5 nitrogen and oxygen atoms in total. The first-order chi connectivity index (χ1) is 15.8. The Morgan fingerprint density at radius 1 is 1.06 bits per heavy atom. The molecule has 3 aromatic carbocycles. The van der Waals surface area contributed by atoms with Crippen LogP contribution in [0.15, 0.2) is 60.2 Å². The first kappa shape index (κ1) is 23.9. The van der Waals surface area contributed by atoms with Gasteiger partial charge in [0.25, 0.3) is 5.91 Å². The molecule has 1 N–H and O–H groups in total. The third kappa shape index (κ3) is 5.93. The van der Waals surface area contributed by atoms with E-state index in [0.717, 1.165) is 11.1 Å². The second-order valence-electron chi connectivity index (χ2n) is 7.31. The number of carbonyl (C=O) groups excluding carboxylic acids is 1. The molecule has 0 spiro atoms. The molecule has 3 rings (SSSR count). The highest BCUT2D eigenvalue weighted by molar-refractivity contribution is 6.37. The van der Waals surface area contributed by atoms with E-state index >= 15 is 0 Å². The van der Waals surface area contributed by atoms with E-state index in [1.165, 1.54) is 6.08 Å². The van der Waals surface area contributed by atoms with Gasteiger partial charge in [0.05, 0.1) is 21.7 Å². The number of aryl methyl sites for hydroxylation is 2. The van der Waals surface area contributed by atoms with Gasteiger partial charge in [0, 0.05) is 11.3 Å². The predicted octanol–water partition coefficient (Wildman–Crippen LogP) is 6.61. The monoisotopic (exact) mass is 475 g/mol. The van der Waals surface area contributed by atoms with E-state index < -0.39 is 5.91 Å². The molecule has 0 saturated heterocycles. The van der Waals surface area contributed by atoms with Crippen LogP contribution < -0.4 is 10.1 Å². The third-order valence-corrected chi connectivity index (χ3v) is 5.41. The average Bonchev–Trinajstić information content (AvgIpc) is 2.79. The molecule has 3 aromatic rings. The molecule has 0 aromatic heterocycles. The summed E-state index contributed by atoms with van der Waals surface area (Å²) < 4.78 is 5.75. The van der Waals surface area contributed by atoms with E-state index in [2.05, 4.69) is 11.4 Å². The highest BCUT2D eigenvalue weighted by atomic mass is 35.5. The Bertz CT molecular complexity index is 1310. The Morgan fingerprint density at radius 2 is 1.76 bits per heavy atom. The van der Waals surface area contributed by atoms with Crippen LogP contribution in [0.2, 0.25) is 10.0 Å². The topological polar surface area (TPSA) is 85.9 Å². The molecule has 0 unspecified atom stereocenters. The largest absolute Gasteiger partial charge is 0.486 e. The maximum Gasteiger partial charge on any atom is 0.266 e. The summed E-state index contributed by atoms with van der Waals surface area (Å²) in [6.07, 6.45) is 1.41. The summed E-state index contributed by atoms with van der Waals surface area (Å²) >= 11 is 12.7. The summed E-state index contributed by atoms with van der Waals surface area (Å²) in [7, 11) is 0. The van der Waals surface area contributed by atoms with Gasteiger partial charge in [-0.3, -0.25) is 4.79 Å². The van der Waals surface area contributed by atoms with Crippen LogP contribution in [-0.4, -0.2) is 5.91 Å². The number of nitriles is 2. The van der Waals surface area contributed by atoms with E-state index in [1.54, 1.807) is 30.3 Å². The van der Waals surface area contributed by atoms with Crippen LogP contribution in [0.4, 0.5) is 5.69 Å². The molecule has 0 aliphatic rings. The zero-order valence-electron chi connectivity index (χ0n) is 17.9. The number of nitrogens with one attached hydrogen (secondary N) is 1. The fourth-order valence-corrected chi connectivity index (χ4v) is 3.69. The van der Waals surface area contributed by atoms with Crippen LogP contribution >= 0.6 is 23.2 Å². The van der Waals surface area contributed by atoms with Gasteiger partial charge in [-0.05, 0) is 60.9 Å². The first-order valence-corrected chi connectivity index (χ1v) is 10.7. The molecule has 164 valence electrons. The zero-order chi connectivity index (χ0) is 24.0. The second-order valence-corrected chi connectivity index (χ2v) is 8.13. The molecule has 33 heavy (non-hydrogen) atoms. The highest BCUT2D eigenvalue weighted by Crippen LogP contribution is 2.35. The minimum absolute atomic E-state index is 0.0975. The van der Waals surface area contributed by atoms with Crippen molar-refractivity contribution in [3.8, 4) is 17.9 Å². The van der Waals surface area contributed by atoms with Crippen LogP contribution in [-0.2, 0) is 11.4 Å². The van der Waals surface area contributed by atoms with Gasteiger partial charge in [-0.25, -0.2) is 0 Å². The SMILES string of the molecule is Cc1ccc(C)c(NC(=O)/C(C#N)=C/c2cc(Cl)c(OCc3ccccc3C#N)c(Cl)c2)c1. The summed E-state index contributed by atoms with van der Waals surface area (Å²) in [5.74, 6) is -0.284. The standard InChI is InChI=1S/C26H19Cl2N3O2/c1-16-7-8-17(2)24(9-16)31-26(32)21(14-30)10-18-11-22(27)25(23(28)12-18)33-15-20-6-4-3-5-19(20)13-29/h3-12H,15H2,1-2H3,(H,31,32)/b21-10+. The van der Waals surface area contributed by atoms with Crippen molar-refractivity contribution >= 4 is 40.9 Å². The first-order valence-electron chi connectivity index (χ1n) is 9.92. The number of hydrogen-bond acceptors (Lipinski definition) is 4. The third-order valence-electron chi connectivity index (χ3n) is 4.85. The molecule has 7 heteroatoms. The molecule has 0 heterocycles. The predicted molar refractivity (Wildman–Crippen MR) is 130 cm³/mol. The number of carbonyl (C=O) groups is 1. The summed E-state index contributed by atoms with van der Waals surface area (Å²) in [4.78, 5) is 12.6. The molecular formula is C26H19Cl2N3O2. The number of benzene rings is 3. The summed E-state index contributed by atoms with van der Waals surface area (Å²) in [5.41, 5.74) is 4.09. The number of anilines is 1. The van der Waals surface area contributed by atoms with Gasteiger partial charge in [0.2, 0.25) is 0 Å². The number of rotatable bonds is 6. The molecular weight excluding hydrogens is 457 g/mol. The van der Waals surface area contributed by atoms with Gasteiger partial charge in [-0.1, -0.05) is 53.5 Å². The van der Waals surface area contributed by atoms with E-state index in [9.17, 15) is 15.3 Å². The summed E-state index contributed by atoms with van der Waals surface area (Å²) in [6, 6.07) is 19.9. The highest BCUT2D eigenvalue weighted by Gasteiger charge is 2.14. The van der Waals surface area contributed by atoms with Crippen molar-refractivity contribution < 1.29 is 9.53 Å². The van der Waals surface area contributed by atoms with Crippen molar-refractivity contribution in [2.75, 3.05) is 5.32 Å². The van der Waals surface area contributed by atoms with Crippen molar-refractivity contribution in [3.05, 3.63) is 98.0 Å². The Morgan fingerprint density at radius 3 is 2.42 bits per heavy atom. The molecule has 0 radical (unpaired) electrons. The van der Waals surface area contributed by atoms with Crippen LogP contribution in [0.25, 0.3) is 6.08 Å². The average molecular weight is 476 g/mol. The van der Waals surface area contributed by atoms with Crippen molar-refractivity contribution in [3.63, 3.8) is 0 Å². The lowest BCUT2D eigenvalue weighted by molar-refractivity contribution is -0.112. The fraction of sp³-hybridized carbons (Fsp3) is 0.115. The van der Waals surface area contributed by atoms with Crippen LogP contribution in [0.1, 0.15) is 27.8 Å². The summed E-state index contributed by atoms with van der Waals surface area (Å²) in [5, 5.41) is 21.9. The van der Waals surface area contributed by atoms with Crippen molar-refractivity contribution in [2.45, 2.75) is 20.5 Å². The minimum Gasteiger partial charge on any atom is -0.486 e. The second kappa shape index (κ2) is 10.7. The molecule has 0 fully saturated rings. The van der Waals surface area contributed by atoms with E-state index in [4.69, 9.17) is 27.9 Å². The van der Waals surface area contributed by atoms with Crippen LogP contribution in [0.5, 0.6) is 5.75 Å².